The first-order valence-corrected chi connectivity index (χ1v) is 8.09. The Kier molecular flexibility index (Phi) is 4.04. The highest BCUT2D eigenvalue weighted by Gasteiger charge is 2.11. The number of hydrogen-bond donors (Lipinski definition) is 1. The van der Waals surface area contributed by atoms with Crippen molar-refractivity contribution in [3.05, 3.63) is 78.8 Å². The van der Waals surface area contributed by atoms with Crippen LogP contribution in [0.1, 0.15) is 5.56 Å². The third-order valence-electron chi connectivity index (χ3n) is 4.12. The minimum Gasteiger partial charge on any atom is -0.463 e. The zero-order valence-electron chi connectivity index (χ0n) is 13.6. The molecule has 4 aromatic rings. The molecular weight excluding hydrogens is 314 g/mol. The lowest BCUT2D eigenvalue weighted by molar-refractivity contribution is -0.121. The fourth-order valence-electron chi connectivity index (χ4n) is 2.90. The summed E-state index contributed by atoms with van der Waals surface area (Å²) in [5.41, 5.74) is 2.72. The largest absolute Gasteiger partial charge is 0.463 e. The molecule has 124 valence electrons. The first-order chi connectivity index (χ1) is 12.3. The maximum absolute atomic E-state index is 12.3. The van der Waals surface area contributed by atoms with Crippen LogP contribution in [0, 0.1) is 0 Å². The molecule has 1 N–H and O–H groups in total. The molecule has 0 unspecified atom stereocenters. The summed E-state index contributed by atoms with van der Waals surface area (Å²) in [6.07, 6.45) is 5.27. The lowest BCUT2D eigenvalue weighted by Gasteiger charge is -2.09. The van der Waals surface area contributed by atoms with Gasteiger partial charge in [-0.2, -0.15) is 0 Å². The summed E-state index contributed by atoms with van der Waals surface area (Å²) < 4.78 is 7.37. The minimum atomic E-state index is -0.0457. The highest BCUT2D eigenvalue weighted by atomic mass is 16.3. The fraction of sp³-hybridized carbons (Fsp3) is 0.100. The summed E-state index contributed by atoms with van der Waals surface area (Å²) >= 11 is 0. The van der Waals surface area contributed by atoms with Gasteiger partial charge in [-0.1, -0.05) is 24.3 Å². The van der Waals surface area contributed by atoms with Crippen LogP contribution in [0.4, 0.5) is 0 Å². The molecule has 0 aliphatic rings. The van der Waals surface area contributed by atoms with Gasteiger partial charge < -0.3 is 14.3 Å². The third kappa shape index (κ3) is 3.17. The number of nitrogens with one attached hydrogen (secondary N) is 1. The van der Waals surface area contributed by atoms with E-state index in [4.69, 9.17) is 4.42 Å². The molecule has 0 atom stereocenters. The summed E-state index contributed by atoms with van der Waals surface area (Å²) in [4.78, 5) is 16.7. The predicted octanol–water partition coefficient (Wildman–Crippen LogP) is 3.61. The summed E-state index contributed by atoms with van der Waals surface area (Å²) in [5.74, 6) is 0.650. The Morgan fingerprint density at radius 3 is 2.88 bits per heavy atom. The van der Waals surface area contributed by atoms with Gasteiger partial charge in [0.25, 0.3) is 0 Å². The molecule has 3 heterocycles. The molecule has 1 amide bonds. The van der Waals surface area contributed by atoms with Crippen molar-refractivity contribution in [2.24, 2.45) is 0 Å². The number of carbonyl (C=O) groups is 1. The Morgan fingerprint density at radius 2 is 2.00 bits per heavy atom. The van der Waals surface area contributed by atoms with E-state index < -0.39 is 0 Å². The average Bonchev–Trinajstić information content (AvgIpc) is 3.31. The van der Waals surface area contributed by atoms with Gasteiger partial charge in [-0.25, -0.2) is 0 Å². The van der Waals surface area contributed by atoms with E-state index in [1.54, 1.807) is 12.5 Å². The Balaban J connectivity index is 1.46. The number of rotatable bonds is 5. The van der Waals surface area contributed by atoms with Crippen LogP contribution in [0.5, 0.6) is 0 Å². The van der Waals surface area contributed by atoms with Crippen LogP contribution < -0.4 is 5.32 Å². The number of aromatic nitrogens is 2. The van der Waals surface area contributed by atoms with Crippen LogP contribution in [0.25, 0.3) is 22.4 Å². The number of hydrogen-bond acceptors (Lipinski definition) is 3. The highest BCUT2D eigenvalue weighted by Crippen LogP contribution is 2.21. The molecule has 0 fully saturated rings. The van der Waals surface area contributed by atoms with Crippen LogP contribution in [0.3, 0.4) is 0 Å². The Bertz CT molecular complexity index is 1000. The molecule has 0 saturated carbocycles. The van der Waals surface area contributed by atoms with Crippen LogP contribution in [0.15, 0.2) is 77.7 Å². The van der Waals surface area contributed by atoms with Crippen LogP contribution >= 0.6 is 0 Å². The lowest BCUT2D eigenvalue weighted by atomic mass is 10.1. The molecule has 0 bridgehead atoms. The van der Waals surface area contributed by atoms with E-state index in [1.807, 2.05) is 65.4 Å². The van der Waals surface area contributed by atoms with Gasteiger partial charge in [0, 0.05) is 30.0 Å². The molecule has 1 aromatic carbocycles. The zero-order chi connectivity index (χ0) is 17.1. The quantitative estimate of drug-likeness (QED) is 0.608. The lowest BCUT2D eigenvalue weighted by Crippen LogP contribution is -2.27. The van der Waals surface area contributed by atoms with E-state index in [0.717, 1.165) is 22.2 Å². The van der Waals surface area contributed by atoms with Gasteiger partial charge in [0.05, 0.1) is 6.26 Å². The van der Waals surface area contributed by atoms with Crippen molar-refractivity contribution in [3.8, 4) is 11.5 Å². The van der Waals surface area contributed by atoms with Crippen molar-refractivity contribution in [1.82, 2.24) is 14.9 Å². The molecule has 25 heavy (non-hydrogen) atoms. The average molecular weight is 331 g/mol. The third-order valence-corrected chi connectivity index (χ3v) is 4.12. The number of furan rings is 1. The molecule has 4 rings (SSSR count). The maximum Gasteiger partial charge on any atom is 0.240 e. The topological polar surface area (TPSA) is 60.1 Å². The van der Waals surface area contributed by atoms with Gasteiger partial charge >= 0.3 is 0 Å². The SMILES string of the molecule is O=C(Cn1ccc2ccccc21)NCc1cccnc1-c1ccco1. The van der Waals surface area contributed by atoms with Crippen molar-refractivity contribution in [2.45, 2.75) is 13.1 Å². The van der Waals surface area contributed by atoms with Crippen molar-refractivity contribution >= 4 is 16.8 Å². The number of carbonyl (C=O) groups excluding carboxylic acids is 1. The summed E-state index contributed by atoms with van der Waals surface area (Å²) in [5, 5.41) is 4.09. The molecule has 5 heteroatoms. The number of fused-ring (bicyclic) bond motifs is 1. The van der Waals surface area contributed by atoms with Gasteiger partial charge in [-0.05, 0) is 35.7 Å². The van der Waals surface area contributed by atoms with Gasteiger partial charge in [0.1, 0.15) is 12.2 Å². The summed E-state index contributed by atoms with van der Waals surface area (Å²) in [7, 11) is 0. The van der Waals surface area contributed by atoms with E-state index in [-0.39, 0.29) is 12.5 Å². The predicted molar refractivity (Wildman–Crippen MR) is 95.7 cm³/mol. The molecular formula is C20H17N3O2. The molecule has 0 aliphatic heterocycles. The number of benzene rings is 1. The minimum absolute atomic E-state index is 0.0457. The Morgan fingerprint density at radius 1 is 1.08 bits per heavy atom. The zero-order valence-corrected chi connectivity index (χ0v) is 13.6. The van der Waals surface area contributed by atoms with E-state index in [1.165, 1.54) is 0 Å². The first-order valence-electron chi connectivity index (χ1n) is 8.09. The van der Waals surface area contributed by atoms with Crippen LogP contribution in [0.2, 0.25) is 0 Å². The van der Waals surface area contributed by atoms with Gasteiger partial charge in [-0.15, -0.1) is 0 Å². The van der Waals surface area contributed by atoms with Crippen LogP contribution in [-0.2, 0) is 17.9 Å². The molecule has 0 saturated heterocycles. The Hall–Kier alpha value is -3.34. The smallest absolute Gasteiger partial charge is 0.240 e. The van der Waals surface area contributed by atoms with E-state index in [9.17, 15) is 4.79 Å². The van der Waals surface area contributed by atoms with Gasteiger partial charge in [0.15, 0.2) is 5.76 Å². The van der Waals surface area contributed by atoms with E-state index >= 15 is 0 Å². The molecule has 0 radical (unpaired) electrons. The first kappa shape index (κ1) is 15.2. The second kappa shape index (κ2) is 6.65. The monoisotopic (exact) mass is 331 g/mol. The van der Waals surface area contributed by atoms with Gasteiger partial charge in [0.2, 0.25) is 5.91 Å². The van der Waals surface area contributed by atoms with Gasteiger partial charge in [-0.3, -0.25) is 9.78 Å². The molecule has 0 aliphatic carbocycles. The second-order valence-corrected chi connectivity index (χ2v) is 5.77. The highest BCUT2D eigenvalue weighted by molar-refractivity contribution is 5.83. The summed E-state index contributed by atoms with van der Waals surface area (Å²) in [6.45, 7) is 0.686. The van der Waals surface area contributed by atoms with Crippen molar-refractivity contribution in [1.29, 1.82) is 0 Å². The van der Waals surface area contributed by atoms with Crippen molar-refractivity contribution in [3.63, 3.8) is 0 Å². The number of amides is 1. The second-order valence-electron chi connectivity index (χ2n) is 5.77. The maximum atomic E-state index is 12.3. The standard InChI is InChI=1S/C20H17N3O2/c24-19(14-23-11-9-15-5-1-2-7-17(15)23)22-13-16-6-3-10-21-20(16)18-8-4-12-25-18/h1-12H,13-14H2,(H,22,24). The van der Waals surface area contributed by atoms with E-state index in [0.29, 0.717) is 12.3 Å². The molecule has 5 nitrogen and oxygen atoms in total. The normalized spacial score (nSPS) is 10.9. The Labute approximate surface area is 144 Å². The van der Waals surface area contributed by atoms with Crippen LogP contribution in [-0.4, -0.2) is 15.5 Å². The fourth-order valence-corrected chi connectivity index (χ4v) is 2.90. The number of para-hydroxylation sites is 1. The van der Waals surface area contributed by atoms with Crippen molar-refractivity contribution in [2.75, 3.05) is 0 Å². The molecule has 0 spiro atoms. The van der Waals surface area contributed by atoms with Crippen molar-refractivity contribution < 1.29 is 9.21 Å². The summed E-state index contributed by atoms with van der Waals surface area (Å²) in [6, 6.07) is 17.5. The number of pyridine rings is 1. The number of nitrogens with zero attached hydrogens (tertiary/aromatic N) is 2. The van der Waals surface area contributed by atoms with E-state index in [2.05, 4.69) is 10.3 Å². The molecule has 3 aromatic heterocycles.